The van der Waals surface area contributed by atoms with Crippen LogP contribution in [0.3, 0.4) is 0 Å². The SMILES string of the molecule is CC(C)CCC[C@@H](C)[C@H]1CCC2C3CC[C@H]4[C@](O)(CSc5ncccn5)CCC[C@]4(C)C3CC[C@@]21C. The van der Waals surface area contributed by atoms with Crippen molar-refractivity contribution in [2.75, 3.05) is 5.75 Å². The number of nitrogens with zero attached hydrogens (tertiary/aromatic N) is 2. The van der Waals surface area contributed by atoms with E-state index >= 15 is 0 Å². The zero-order valence-electron chi connectivity index (χ0n) is 23.7. The van der Waals surface area contributed by atoms with Gasteiger partial charge in [-0.25, -0.2) is 9.97 Å². The fourth-order valence-corrected chi connectivity index (χ4v) is 11.4. The van der Waals surface area contributed by atoms with E-state index in [4.69, 9.17) is 0 Å². The Hall–Kier alpha value is -0.610. The van der Waals surface area contributed by atoms with Crippen LogP contribution < -0.4 is 0 Å². The molecule has 4 heteroatoms. The third-order valence-electron chi connectivity index (χ3n) is 12.0. The lowest BCUT2D eigenvalue weighted by molar-refractivity contribution is -0.177. The topological polar surface area (TPSA) is 46.0 Å². The molecule has 9 atom stereocenters. The minimum Gasteiger partial charge on any atom is -0.389 e. The number of fused-ring (bicyclic) bond motifs is 5. The first-order chi connectivity index (χ1) is 17.2. The third-order valence-corrected chi connectivity index (χ3v) is 13.2. The van der Waals surface area contributed by atoms with E-state index in [0.717, 1.165) is 52.8 Å². The Kier molecular flexibility index (Phi) is 7.88. The number of rotatable bonds is 8. The monoisotopic (exact) mass is 512 g/mol. The van der Waals surface area contributed by atoms with Gasteiger partial charge >= 0.3 is 0 Å². The van der Waals surface area contributed by atoms with Crippen LogP contribution in [0, 0.1) is 52.3 Å². The molecule has 4 saturated carbocycles. The van der Waals surface area contributed by atoms with Gasteiger partial charge in [0, 0.05) is 18.1 Å². The first kappa shape index (κ1) is 27.0. The summed E-state index contributed by atoms with van der Waals surface area (Å²) in [6, 6.07) is 1.87. The van der Waals surface area contributed by atoms with E-state index in [0.29, 0.717) is 11.3 Å². The molecule has 5 rings (SSSR count). The molecule has 4 aliphatic rings. The van der Waals surface area contributed by atoms with E-state index in [-0.39, 0.29) is 5.41 Å². The van der Waals surface area contributed by atoms with Gasteiger partial charge in [-0.1, -0.05) is 65.6 Å². The van der Waals surface area contributed by atoms with Crippen LogP contribution in [0.5, 0.6) is 0 Å². The van der Waals surface area contributed by atoms with Gasteiger partial charge in [0.1, 0.15) is 0 Å². The summed E-state index contributed by atoms with van der Waals surface area (Å²) in [4.78, 5) is 8.83. The van der Waals surface area contributed by atoms with Crippen LogP contribution in [0.25, 0.3) is 0 Å². The molecule has 4 aliphatic carbocycles. The number of thioether (sulfide) groups is 1. The molecule has 4 fully saturated rings. The molecule has 1 N–H and O–H groups in total. The molecule has 3 unspecified atom stereocenters. The summed E-state index contributed by atoms with van der Waals surface area (Å²) in [5.74, 6) is 6.39. The Bertz CT molecular complexity index is 878. The second-order valence-electron chi connectivity index (χ2n) is 14.3. The molecule has 202 valence electrons. The Labute approximate surface area is 225 Å². The normalized spacial score (nSPS) is 43.0. The lowest BCUT2D eigenvalue weighted by Crippen LogP contribution is -2.60. The van der Waals surface area contributed by atoms with E-state index < -0.39 is 5.60 Å². The highest BCUT2D eigenvalue weighted by Crippen LogP contribution is 2.69. The number of aliphatic hydroxyl groups is 1. The van der Waals surface area contributed by atoms with Gasteiger partial charge in [-0.3, -0.25) is 0 Å². The standard InChI is InChI=1S/C32H52N2OS/c1-22(2)9-6-10-23(3)25-12-13-26-24-11-14-28-31(5,27(24)15-18-30(25,26)4)16-7-17-32(28,35)21-36-29-33-19-8-20-34-29/h8,19-20,22-28,35H,6-7,9-18,21H2,1-5H3/t23-,24?,25-,26?,27?,28-,30-,31-,32-/m1/s1. The van der Waals surface area contributed by atoms with Gasteiger partial charge in [-0.2, -0.15) is 0 Å². The summed E-state index contributed by atoms with van der Waals surface area (Å²) in [5, 5.41) is 12.9. The summed E-state index contributed by atoms with van der Waals surface area (Å²) in [6.07, 6.45) is 19.6. The summed E-state index contributed by atoms with van der Waals surface area (Å²) < 4.78 is 0. The highest BCUT2D eigenvalue weighted by molar-refractivity contribution is 7.99. The van der Waals surface area contributed by atoms with Crippen molar-refractivity contribution in [2.45, 2.75) is 122 Å². The molecule has 1 aromatic rings. The first-order valence-corrected chi connectivity index (χ1v) is 16.3. The van der Waals surface area contributed by atoms with Gasteiger partial charge in [0.25, 0.3) is 0 Å². The highest BCUT2D eigenvalue weighted by Gasteiger charge is 2.63. The van der Waals surface area contributed by atoms with Crippen LogP contribution in [-0.4, -0.2) is 26.4 Å². The first-order valence-electron chi connectivity index (χ1n) is 15.3. The summed E-state index contributed by atoms with van der Waals surface area (Å²) in [7, 11) is 0. The highest BCUT2D eigenvalue weighted by atomic mass is 32.2. The Morgan fingerprint density at radius 1 is 0.917 bits per heavy atom. The van der Waals surface area contributed by atoms with Crippen molar-refractivity contribution in [3.8, 4) is 0 Å². The van der Waals surface area contributed by atoms with Crippen molar-refractivity contribution in [3.05, 3.63) is 18.5 Å². The minimum absolute atomic E-state index is 0.288. The van der Waals surface area contributed by atoms with E-state index in [9.17, 15) is 5.11 Å². The molecule has 0 amide bonds. The summed E-state index contributed by atoms with van der Waals surface area (Å²) in [6.45, 7) is 12.6. The van der Waals surface area contributed by atoms with Crippen LogP contribution in [0.4, 0.5) is 0 Å². The number of hydrogen-bond donors (Lipinski definition) is 1. The second-order valence-corrected chi connectivity index (χ2v) is 15.3. The third kappa shape index (κ3) is 4.80. The van der Waals surface area contributed by atoms with Crippen LogP contribution >= 0.6 is 11.8 Å². The molecule has 0 bridgehead atoms. The van der Waals surface area contributed by atoms with Crippen LogP contribution in [0.2, 0.25) is 0 Å². The fourth-order valence-electron chi connectivity index (χ4n) is 10.4. The molecule has 0 aromatic carbocycles. The van der Waals surface area contributed by atoms with Crippen LogP contribution in [0.1, 0.15) is 112 Å². The summed E-state index contributed by atoms with van der Waals surface area (Å²) >= 11 is 1.66. The lowest BCUT2D eigenvalue weighted by atomic mass is 9.42. The van der Waals surface area contributed by atoms with Gasteiger partial charge in [0.15, 0.2) is 5.16 Å². The average Bonchev–Trinajstić information content (AvgIpc) is 3.20. The maximum absolute atomic E-state index is 12.1. The lowest BCUT2D eigenvalue weighted by Gasteiger charge is -2.63. The largest absolute Gasteiger partial charge is 0.389 e. The molecule has 3 nitrogen and oxygen atoms in total. The summed E-state index contributed by atoms with van der Waals surface area (Å²) in [5.41, 5.74) is 0.259. The van der Waals surface area contributed by atoms with Crippen molar-refractivity contribution < 1.29 is 5.11 Å². The molecule has 36 heavy (non-hydrogen) atoms. The molecule has 1 aromatic heterocycles. The van der Waals surface area contributed by atoms with E-state index in [2.05, 4.69) is 44.6 Å². The van der Waals surface area contributed by atoms with E-state index in [1.165, 1.54) is 70.6 Å². The zero-order valence-corrected chi connectivity index (χ0v) is 24.5. The maximum atomic E-state index is 12.1. The van der Waals surface area contributed by atoms with Gasteiger partial charge < -0.3 is 5.11 Å². The molecule has 1 heterocycles. The van der Waals surface area contributed by atoms with Gasteiger partial charge in [-0.05, 0) is 116 Å². The fraction of sp³-hybridized carbons (Fsp3) is 0.875. The number of hydrogen-bond acceptors (Lipinski definition) is 4. The average molecular weight is 513 g/mol. The van der Waals surface area contributed by atoms with Gasteiger partial charge in [-0.15, -0.1) is 0 Å². The molecule has 0 saturated heterocycles. The molecular weight excluding hydrogens is 460 g/mol. The van der Waals surface area contributed by atoms with E-state index in [1.54, 1.807) is 11.8 Å². The smallest absolute Gasteiger partial charge is 0.187 e. The molecule has 0 radical (unpaired) electrons. The number of aromatic nitrogens is 2. The molecule has 0 aliphatic heterocycles. The Balaban J connectivity index is 1.29. The van der Waals surface area contributed by atoms with Crippen molar-refractivity contribution in [1.82, 2.24) is 9.97 Å². The van der Waals surface area contributed by atoms with Crippen molar-refractivity contribution in [2.24, 2.45) is 52.3 Å². The quantitative estimate of drug-likeness (QED) is 0.280. The maximum Gasteiger partial charge on any atom is 0.187 e. The van der Waals surface area contributed by atoms with Gasteiger partial charge in [0.2, 0.25) is 0 Å². The molecule has 0 spiro atoms. The Morgan fingerprint density at radius 2 is 1.67 bits per heavy atom. The van der Waals surface area contributed by atoms with Crippen molar-refractivity contribution in [3.63, 3.8) is 0 Å². The zero-order chi connectivity index (χ0) is 25.6. The van der Waals surface area contributed by atoms with Gasteiger partial charge in [0.05, 0.1) is 5.60 Å². The van der Waals surface area contributed by atoms with Crippen LogP contribution in [0.15, 0.2) is 23.6 Å². The van der Waals surface area contributed by atoms with Crippen molar-refractivity contribution >= 4 is 11.8 Å². The van der Waals surface area contributed by atoms with Crippen molar-refractivity contribution in [1.29, 1.82) is 0 Å². The van der Waals surface area contributed by atoms with Crippen LogP contribution in [-0.2, 0) is 0 Å². The Morgan fingerprint density at radius 3 is 2.42 bits per heavy atom. The minimum atomic E-state index is -0.578. The molecular formula is C32H52N2OS. The second kappa shape index (κ2) is 10.5. The van der Waals surface area contributed by atoms with E-state index in [1.807, 2.05) is 18.5 Å². The predicted molar refractivity (Wildman–Crippen MR) is 151 cm³/mol. The predicted octanol–water partition coefficient (Wildman–Crippen LogP) is 8.42.